The number of methoxy groups -OCH3 is 1. The van der Waals surface area contributed by atoms with E-state index in [-0.39, 0.29) is 22.2 Å². The Hall–Kier alpha value is -3.23. The number of ether oxygens (including phenoxy) is 3. The summed E-state index contributed by atoms with van der Waals surface area (Å²) in [6.07, 6.45) is 1.47. The SMILES string of the molecule is COc1cc(/C=C2/N=C(c3cc(F)c(F)cc3Cl)OC2=O)cc(Br)c1OCc1ccccc1. The van der Waals surface area contributed by atoms with Crippen molar-refractivity contribution in [3.8, 4) is 11.5 Å². The average Bonchev–Trinajstić information content (AvgIpc) is 3.15. The van der Waals surface area contributed by atoms with Gasteiger partial charge in [-0.05, 0) is 57.4 Å². The third-order valence-electron chi connectivity index (χ3n) is 4.64. The third-order valence-corrected chi connectivity index (χ3v) is 5.54. The second kappa shape index (κ2) is 9.72. The van der Waals surface area contributed by atoms with Crippen LogP contribution in [0, 0.1) is 11.6 Å². The fourth-order valence-corrected chi connectivity index (χ4v) is 3.87. The fourth-order valence-electron chi connectivity index (χ4n) is 3.06. The molecule has 0 saturated heterocycles. The number of cyclic esters (lactones) is 1. The number of aliphatic imine (C=N–C) groups is 1. The van der Waals surface area contributed by atoms with E-state index in [0.717, 1.165) is 17.7 Å². The van der Waals surface area contributed by atoms with Crippen LogP contribution in [-0.2, 0) is 16.1 Å². The third kappa shape index (κ3) is 5.07. The second-order valence-electron chi connectivity index (χ2n) is 6.89. The van der Waals surface area contributed by atoms with Gasteiger partial charge in [0.2, 0.25) is 5.90 Å². The van der Waals surface area contributed by atoms with E-state index in [0.29, 0.717) is 28.1 Å². The number of halogens is 4. The van der Waals surface area contributed by atoms with Crippen LogP contribution in [0.5, 0.6) is 11.5 Å². The lowest BCUT2D eigenvalue weighted by Gasteiger charge is -2.13. The number of carbonyl (C=O) groups is 1. The van der Waals surface area contributed by atoms with Gasteiger partial charge in [0, 0.05) is 0 Å². The van der Waals surface area contributed by atoms with Gasteiger partial charge in [-0.15, -0.1) is 0 Å². The van der Waals surface area contributed by atoms with Gasteiger partial charge in [-0.3, -0.25) is 0 Å². The van der Waals surface area contributed by atoms with Gasteiger partial charge in [0.05, 0.1) is 22.2 Å². The molecular formula is C24H15BrClF2NO4. The van der Waals surface area contributed by atoms with Crippen LogP contribution < -0.4 is 9.47 Å². The summed E-state index contributed by atoms with van der Waals surface area (Å²) in [6.45, 7) is 0.338. The lowest BCUT2D eigenvalue weighted by atomic mass is 10.1. The second-order valence-corrected chi connectivity index (χ2v) is 8.15. The van der Waals surface area contributed by atoms with Crippen LogP contribution in [0.15, 0.2) is 69.8 Å². The first-order valence-electron chi connectivity index (χ1n) is 9.57. The summed E-state index contributed by atoms with van der Waals surface area (Å²) in [6, 6.07) is 14.7. The highest BCUT2D eigenvalue weighted by Gasteiger charge is 2.27. The highest BCUT2D eigenvalue weighted by molar-refractivity contribution is 9.10. The van der Waals surface area contributed by atoms with Crippen molar-refractivity contribution >= 4 is 45.5 Å². The number of rotatable bonds is 6. The molecule has 0 aromatic heterocycles. The molecule has 0 atom stereocenters. The molecule has 3 aromatic rings. The van der Waals surface area contributed by atoms with Crippen molar-refractivity contribution in [2.24, 2.45) is 4.99 Å². The summed E-state index contributed by atoms with van der Waals surface area (Å²) in [5.41, 5.74) is 1.48. The number of nitrogens with zero attached hydrogens (tertiary/aromatic N) is 1. The van der Waals surface area contributed by atoms with Crippen molar-refractivity contribution < 1.29 is 27.8 Å². The van der Waals surface area contributed by atoms with Gasteiger partial charge in [0.15, 0.2) is 28.8 Å². The molecule has 4 rings (SSSR count). The Bertz CT molecular complexity index is 1300. The summed E-state index contributed by atoms with van der Waals surface area (Å²) in [5.74, 6) is -2.29. The summed E-state index contributed by atoms with van der Waals surface area (Å²) >= 11 is 9.42. The quantitative estimate of drug-likeness (QED) is 0.211. The van der Waals surface area contributed by atoms with E-state index < -0.39 is 17.6 Å². The zero-order valence-corrected chi connectivity index (χ0v) is 19.4. The molecule has 0 fully saturated rings. The Morgan fingerprint density at radius 3 is 2.58 bits per heavy atom. The number of carbonyl (C=O) groups excluding carboxylic acids is 1. The predicted octanol–water partition coefficient (Wildman–Crippen LogP) is 6.31. The molecule has 1 heterocycles. The largest absolute Gasteiger partial charge is 0.493 e. The Morgan fingerprint density at radius 2 is 1.85 bits per heavy atom. The fraction of sp³-hybridized carbons (Fsp3) is 0.0833. The van der Waals surface area contributed by atoms with Crippen LogP contribution in [0.25, 0.3) is 6.08 Å². The van der Waals surface area contributed by atoms with E-state index in [1.165, 1.54) is 13.2 Å². The van der Waals surface area contributed by atoms with Crippen molar-refractivity contribution in [1.29, 1.82) is 0 Å². The monoisotopic (exact) mass is 533 g/mol. The van der Waals surface area contributed by atoms with E-state index >= 15 is 0 Å². The molecule has 33 heavy (non-hydrogen) atoms. The minimum absolute atomic E-state index is 0.0317. The van der Waals surface area contributed by atoms with Gasteiger partial charge in [0.25, 0.3) is 0 Å². The molecule has 0 unspecified atom stereocenters. The maximum atomic E-state index is 13.6. The minimum Gasteiger partial charge on any atom is -0.493 e. The molecular weight excluding hydrogens is 520 g/mol. The van der Waals surface area contributed by atoms with Gasteiger partial charge < -0.3 is 14.2 Å². The predicted molar refractivity (Wildman–Crippen MR) is 123 cm³/mol. The molecule has 0 N–H and O–H groups in total. The lowest BCUT2D eigenvalue weighted by molar-refractivity contribution is -0.129. The lowest BCUT2D eigenvalue weighted by Crippen LogP contribution is -2.07. The number of hydrogen-bond acceptors (Lipinski definition) is 5. The summed E-state index contributed by atoms with van der Waals surface area (Å²) in [4.78, 5) is 16.4. The molecule has 168 valence electrons. The first-order valence-corrected chi connectivity index (χ1v) is 10.7. The normalized spacial score (nSPS) is 14.3. The molecule has 5 nitrogen and oxygen atoms in total. The Labute approximate surface area is 201 Å². The van der Waals surface area contributed by atoms with Crippen LogP contribution >= 0.6 is 27.5 Å². The maximum Gasteiger partial charge on any atom is 0.363 e. The van der Waals surface area contributed by atoms with E-state index in [2.05, 4.69) is 20.9 Å². The van der Waals surface area contributed by atoms with E-state index in [9.17, 15) is 13.6 Å². The van der Waals surface area contributed by atoms with Crippen molar-refractivity contribution in [3.05, 3.63) is 98.1 Å². The Kier molecular flexibility index (Phi) is 6.76. The van der Waals surface area contributed by atoms with Crippen LogP contribution in [0.3, 0.4) is 0 Å². The molecule has 0 spiro atoms. The Balaban J connectivity index is 1.62. The smallest absolute Gasteiger partial charge is 0.363 e. The van der Waals surface area contributed by atoms with Crippen LogP contribution in [0.1, 0.15) is 16.7 Å². The van der Waals surface area contributed by atoms with E-state index in [1.54, 1.807) is 12.1 Å². The minimum atomic E-state index is -1.13. The number of benzene rings is 3. The molecule has 0 aliphatic carbocycles. The Morgan fingerprint density at radius 1 is 1.12 bits per heavy atom. The molecule has 0 saturated carbocycles. The van der Waals surface area contributed by atoms with Crippen molar-refractivity contribution in [1.82, 2.24) is 0 Å². The van der Waals surface area contributed by atoms with Gasteiger partial charge in [-0.1, -0.05) is 41.9 Å². The molecule has 3 aromatic carbocycles. The molecule has 1 aliphatic heterocycles. The zero-order valence-electron chi connectivity index (χ0n) is 17.1. The van der Waals surface area contributed by atoms with Crippen LogP contribution in [-0.4, -0.2) is 19.0 Å². The van der Waals surface area contributed by atoms with Crippen LogP contribution in [0.2, 0.25) is 5.02 Å². The molecule has 1 aliphatic rings. The van der Waals surface area contributed by atoms with E-state index in [4.69, 9.17) is 25.8 Å². The summed E-state index contributed by atoms with van der Waals surface area (Å²) < 4.78 is 44.0. The first-order chi connectivity index (χ1) is 15.9. The van der Waals surface area contributed by atoms with Crippen molar-refractivity contribution in [2.75, 3.05) is 7.11 Å². The number of hydrogen-bond donors (Lipinski definition) is 0. The van der Waals surface area contributed by atoms with Gasteiger partial charge in [-0.2, -0.15) is 0 Å². The molecule has 9 heteroatoms. The van der Waals surface area contributed by atoms with Crippen LogP contribution in [0.4, 0.5) is 8.78 Å². The van der Waals surface area contributed by atoms with Crippen molar-refractivity contribution in [3.63, 3.8) is 0 Å². The van der Waals surface area contributed by atoms with Gasteiger partial charge >= 0.3 is 5.97 Å². The average molecular weight is 535 g/mol. The topological polar surface area (TPSA) is 57.1 Å². The van der Waals surface area contributed by atoms with Gasteiger partial charge in [0.1, 0.15) is 6.61 Å². The van der Waals surface area contributed by atoms with Crippen molar-refractivity contribution in [2.45, 2.75) is 6.61 Å². The summed E-state index contributed by atoms with van der Waals surface area (Å²) in [5, 5.41) is -0.133. The first kappa shape index (κ1) is 22.9. The standard InChI is InChI=1S/C24H15BrClF2NO4/c1-31-21-9-14(7-16(25)22(21)32-12-13-5-3-2-4-6-13)8-20-24(30)33-23(29-20)15-10-18(27)19(28)11-17(15)26/h2-11H,12H2,1H3/b20-8+. The molecule has 0 bridgehead atoms. The molecule has 0 amide bonds. The molecule has 0 radical (unpaired) electrons. The highest BCUT2D eigenvalue weighted by atomic mass is 79.9. The van der Waals surface area contributed by atoms with Gasteiger partial charge in [-0.25, -0.2) is 18.6 Å². The number of esters is 1. The summed E-state index contributed by atoms with van der Waals surface area (Å²) in [7, 11) is 1.50. The highest BCUT2D eigenvalue weighted by Crippen LogP contribution is 2.38. The van der Waals surface area contributed by atoms with E-state index in [1.807, 2.05) is 30.3 Å². The maximum absolute atomic E-state index is 13.6. The zero-order chi connectivity index (χ0) is 23.5.